The van der Waals surface area contributed by atoms with Crippen molar-refractivity contribution in [1.82, 2.24) is 0 Å². The van der Waals surface area contributed by atoms with Gasteiger partial charge in [-0.3, -0.25) is 4.79 Å². The van der Waals surface area contributed by atoms with Gasteiger partial charge in [0.1, 0.15) is 6.10 Å². The predicted molar refractivity (Wildman–Crippen MR) is 242 cm³/mol. The number of aliphatic hydroxyl groups is 1. The average molecular weight is 773 g/mol. The summed E-state index contributed by atoms with van der Waals surface area (Å²) in [6, 6.07) is 0. The van der Waals surface area contributed by atoms with Crippen LogP contribution in [0.3, 0.4) is 0 Å². The van der Waals surface area contributed by atoms with E-state index in [0.29, 0.717) is 19.6 Å². The van der Waals surface area contributed by atoms with Gasteiger partial charge in [-0.25, -0.2) is 0 Å². The lowest BCUT2D eigenvalue weighted by atomic mass is 10.1. The Morgan fingerprint density at radius 3 is 1.15 bits per heavy atom. The van der Waals surface area contributed by atoms with Crippen molar-refractivity contribution in [3.8, 4) is 0 Å². The lowest BCUT2D eigenvalue weighted by molar-refractivity contribution is -0.154. The van der Waals surface area contributed by atoms with E-state index >= 15 is 0 Å². The van der Waals surface area contributed by atoms with Crippen molar-refractivity contribution in [1.29, 1.82) is 0 Å². The summed E-state index contributed by atoms with van der Waals surface area (Å²) in [5, 5.41) is 9.64. The number of carbonyl (C=O) groups excluding carboxylic acids is 1. The average Bonchev–Trinajstić information content (AvgIpc) is 3.19. The van der Waals surface area contributed by atoms with Crippen LogP contribution in [0.25, 0.3) is 0 Å². The summed E-state index contributed by atoms with van der Waals surface area (Å²) in [4.78, 5) is 12.3. The third kappa shape index (κ3) is 46.9. The van der Waals surface area contributed by atoms with Gasteiger partial charge >= 0.3 is 5.97 Å². The minimum Gasteiger partial charge on any atom is -0.457 e. The number of ether oxygens (including phenoxy) is 2. The highest BCUT2D eigenvalue weighted by Gasteiger charge is 2.13. The molecule has 0 spiro atoms. The van der Waals surface area contributed by atoms with E-state index in [0.717, 1.165) is 25.7 Å². The molecular formula is C51H96O4. The maximum absolute atomic E-state index is 12.3. The molecule has 0 amide bonds. The van der Waals surface area contributed by atoms with Crippen LogP contribution >= 0.6 is 0 Å². The molecular weight excluding hydrogens is 677 g/mol. The van der Waals surface area contributed by atoms with E-state index in [1.807, 2.05) is 0 Å². The lowest BCUT2D eigenvalue weighted by Gasteiger charge is -2.16. The van der Waals surface area contributed by atoms with Crippen LogP contribution in [0.2, 0.25) is 0 Å². The third-order valence-electron chi connectivity index (χ3n) is 10.9. The molecule has 0 bridgehead atoms. The fourth-order valence-corrected chi connectivity index (χ4v) is 7.24. The van der Waals surface area contributed by atoms with Crippen molar-refractivity contribution >= 4 is 5.97 Å². The topological polar surface area (TPSA) is 55.8 Å². The summed E-state index contributed by atoms with van der Waals surface area (Å²) in [5.41, 5.74) is 0. The number of esters is 1. The van der Waals surface area contributed by atoms with Crippen LogP contribution in [-0.4, -0.2) is 37.0 Å². The molecule has 0 saturated heterocycles. The standard InChI is InChI=1S/C51H96O4/c1-3-5-7-9-11-13-15-17-19-21-23-25-27-29-31-33-35-37-39-41-43-45-47-54-49-50(48-52)55-51(53)46-44-42-40-38-36-34-32-30-28-26-24-22-20-18-16-14-12-10-8-6-4-2/h15,17,21-24,50,52H,3-14,16,18-20,25-49H2,1-2H3/b17-15-,23-21-,24-22-. The zero-order valence-corrected chi connectivity index (χ0v) is 37.2. The molecule has 0 aromatic rings. The molecule has 0 aliphatic rings. The molecule has 1 atom stereocenters. The third-order valence-corrected chi connectivity index (χ3v) is 10.9. The van der Waals surface area contributed by atoms with Gasteiger partial charge in [-0.05, 0) is 70.6 Å². The molecule has 0 saturated carbocycles. The smallest absolute Gasteiger partial charge is 0.306 e. The molecule has 0 fully saturated rings. The van der Waals surface area contributed by atoms with Gasteiger partial charge in [0.05, 0.1) is 13.2 Å². The fourth-order valence-electron chi connectivity index (χ4n) is 7.24. The maximum atomic E-state index is 12.3. The number of hydrogen-bond donors (Lipinski definition) is 1. The van der Waals surface area contributed by atoms with E-state index < -0.39 is 6.10 Å². The summed E-state index contributed by atoms with van der Waals surface area (Å²) in [5.74, 6) is -0.201. The molecule has 0 aromatic heterocycles. The number of carbonyl (C=O) groups is 1. The number of unbranched alkanes of at least 4 members (excludes halogenated alkanes) is 32. The first-order valence-corrected chi connectivity index (χ1v) is 24.6. The Bertz CT molecular complexity index is 818. The van der Waals surface area contributed by atoms with E-state index in [9.17, 15) is 9.90 Å². The van der Waals surface area contributed by atoms with Crippen LogP contribution in [0, 0.1) is 0 Å². The Morgan fingerprint density at radius 1 is 0.436 bits per heavy atom. The van der Waals surface area contributed by atoms with Gasteiger partial charge in [-0.2, -0.15) is 0 Å². The monoisotopic (exact) mass is 773 g/mol. The summed E-state index contributed by atoms with van der Waals surface area (Å²) >= 11 is 0. The zero-order valence-electron chi connectivity index (χ0n) is 37.2. The van der Waals surface area contributed by atoms with Gasteiger partial charge in [-0.1, -0.05) is 217 Å². The Kier molecular flexibility index (Phi) is 47.5. The van der Waals surface area contributed by atoms with Crippen molar-refractivity contribution in [2.24, 2.45) is 0 Å². The minimum absolute atomic E-state index is 0.172. The van der Waals surface area contributed by atoms with E-state index in [1.54, 1.807) is 0 Å². The molecule has 4 heteroatoms. The quantitative estimate of drug-likeness (QED) is 0.0380. The first-order valence-electron chi connectivity index (χ1n) is 24.6. The number of rotatable bonds is 46. The highest BCUT2D eigenvalue weighted by molar-refractivity contribution is 5.69. The molecule has 324 valence electrons. The second kappa shape index (κ2) is 48.8. The van der Waals surface area contributed by atoms with E-state index in [4.69, 9.17) is 9.47 Å². The molecule has 55 heavy (non-hydrogen) atoms. The SMILES string of the molecule is CCCCCCC/C=C\C/C=C\CCCCCCCCCCCCOCC(CO)OC(=O)CCCCCCCCCCC/C=C\CCCCCCCCCC. The Balaban J connectivity index is 3.40. The maximum Gasteiger partial charge on any atom is 0.306 e. The summed E-state index contributed by atoms with van der Waals surface area (Å²) < 4.78 is 11.2. The largest absolute Gasteiger partial charge is 0.457 e. The highest BCUT2D eigenvalue weighted by Crippen LogP contribution is 2.15. The molecule has 0 rings (SSSR count). The highest BCUT2D eigenvalue weighted by atomic mass is 16.6. The number of hydrogen-bond acceptors (Lipinski definition) is 4. The van der Waals surface area contributed by atoms with E-state index in [1.165, 1.54) is 212 Å². The van der Waals surface area contributed by atoms with Crippen molar-refractivity contribution in [2.45, 2.75) is 264 Å². The normalized spacial score (nSPS) is 12.6. The summed E-state index contributed by atoms with van der Waals surface area (Å²) in [6.07, 6.45) is 62.2. The molecule has 0 heterocycles. The number of aliphatic hydroxyl groups excluding tert-OH is 1. The molecule has 0 aromatic carbocycles. The van der Waals surface area contributed by atoms with Crippen LogP contribution in [0.4, 0.5) is 0 Å². The van der Waals surface area contributed by atoms with Crippen molar-refractivity contribution in [3.05, 3.63) is 36.5 Å². The van der Waals surface area contributed by atoms with Gasteiger partial charge in [0.2, 0.25) is 0 Å². The first kappa shape index (κ1) is 53.6. The van der Waals surface area contributed by atoms with Crippen LogP contribution in [-0.2, 0) is 14.3 Å². The lowest BCUT2D eigenvalue weighted by Crippen LogP contribution is -2.27. The van der Waals surface area contributed by atoms with Crippen molar-refractivity contribution < 1.29 is 19.4 Å². The molecule has 0 aliphatic carbocycles. The Morgan fingerprint density at radius 2 is 0.764 bits per heavy atom. The van der Waals surface area contributed by atoms with Crippen molar-refractivity contribution in [3.63, 3.8) is 0 Å². The first-order chi connectivity index (χ1) is 27.2. The minimum atomic E-state index is -0.536. The molecule has 0 radical (unpaired) electrons. The molecule has 1 unspecified atom stereocenters. The summed E-state index contributed by atoms with van der Waals surface area (Å²) in [7, 11) is 0. The van der Waals surface area contributed by atoms with Crippen LogP contribution in [0.15, 0.2) is 36.5 Å². The van der Waals surface area contributed by atoms with Crippen molar-refractivity contribution in [2.75, 3.05) is 19.8 Å². The predicted octanol–water partition coefficient (Wildman–Crippen LogP) is 16.4. The number of allylic oxidation sites excluding steroid dienone is 6. The zero-order chi connectivity index (χ0) is 39.8. The van der Waals surface area contributed by atoms with Gasteiger partial charge in [0.25, 0.3) is 0 Å². The van der Waals surface area contributed by atoms with Gasteiger partial charge in [-0.15, -0.1) is 0 Å². The fraction of sp³-hybridized carbons (Fsp3) is 0.863. The second-order valence-electron chi connectivity index (χ2n) is 16.5. The van der Waals surface area contributed by atoms with E-state index in [2.05, 4.69) is 50.3 Å². The second-order valence-corrected chi connectivity index (χ2v) is 16.5. The Hall–Kier alpha value is -1.39. The molecule has 0 aliphatic heterocycles. The molecule has 4 nitrogen and oxygen atoms in total. The Labute approximate surface area is 344 Å². The van der Waals surface area contributed by atoms with Gasteiger partial charge in [0.15, 0.2) is 0 Å². The van der Waals surface area contributed by atoms with Crippen LogP contribution < -0.4 is 0 Å². The molecule has 1 N–H and O–H groups in total. The summed E-state index contributed by atoms with van der Waals surface area (Å²) in [6.45, 7) is 5.36. The van der Waals surface area contributed by atoms with Crippen LogP contribution in [0.5, 0.6) is 0 Å². The van der Waals surface area contributed by atoms with Gasteiger partial charge in [0, 0.05) is 13.0 Å². The van der Waals surface area contributed by atoms with E-state index in [-0.39, 0.29) is 12.6 Å². The van der Waals surface area contributed by atoms with Crippen LogP contribution in [0.1, 0.15) is 258 Å². The van der Waals surface area contributed by atoms with Gasteiger partial charge < -0.3 is 14.6 Å².